The van der Waals surface area contributed by atoms with Crippen molar-refractivity contribution in [1.82, 2.24) is 5.32 Å². The van der Waals surface area contributed by atoms with Crippen molar-refractivity contribution in [2.24, 2.45) is 11.7 Å². The van der Waals surface area contributed by atoms with Crippen molar-refractivity contribution in [3.8, 4) is 0 Å². The van der Waals surface area contributed by atoms with Crippen molar-refractivity contribution < 1.29 is 24.1 Å². The zero-order valence-electron chi connectivity index (χ0n) is 21.7. The number of ether oxygens (including phenoxy) is 1. The van der Waals surface area contributed by atoms with Crippen LogP contribution < -0.4 is 21.7 Å². The first kappa shape index (κ1) is 29.4. The monoisotopic (exact) mass is 520 g/mol. The molecule has 2 rings (SSSR count). The minimum absolute atomic E-state index is 0.0718. The number of aliphatic hydroxyl groups is 1. The van der Waals surface area contributed by atoms with E-state index in [1.54, 1.807) is 0 Å². The molecule has 35 heavy (non-hydrogen) atoms. The van der Waals surface area contributed by atoms with Gasteiger partial charge in [0, 0.05) is 12.2 Å². The van der Waals surface area contributed by atoms with Gasteiger partial charge in [-0.1, -0.05) is 95.3 Å². The van der Waals surface area contributed by atoms with E-state index in [4.69, 9.17) is 19.9 Å². The van der Waals surface area contributed by atoms with Gasteiger partial charge in [-0.25, -0.2) is 9.68 Å². The molecule has 0 aromatic heterocycles. The normalized spacial score (nSPS) is 15.9. The van der Waals surface area contributed by atoms with E-state index in [0.717, 1.165) is 0 Å². The van der Waals surface area contributed by atoms with Crippen molar-refractivity contribution >= 4 is 34.4 Å². The van der Waals surface area contributed by atoms with Gasteiger partial charge < -0.3 is 15.6 Å². The third-order valence-corrected chi connectivity index (χ3v) is 9.08. The van der Waals surface area contributed by atoms with E-state index in [1.807, 2.05) is 57.2 Å². The first-order valence-electron chi connectivity index (χ1n) is 12.0. The summed E-state index contributed by atoms with van der Waals surface area (Å²) in [4.78, 5) is 17.4. The highest BCUT2D eigenvalue weighted by Crippen LogP contribution is 2.36. The van der Waals surface area contributed by atoms with Crippen molar-refractivity contribution in [1.29, 1.82) is 0 Å². The van der Waals surface area contributed by atoms with Gasteiger partial charge in [0.15, 0.2) is 0 Å². The van der Waals surface area contributed by atoms with Crippen LogP contribution in [0.4, 0.5) is 4.79 Å². The lowest BCUT2D eigenvalue weighted by Crippen LogP contribution is -2.53. The summed E-state index contributed by atoms with van der Waals surface area (Å²) >= 11 is 0. The predicted octanol–water partition coefficient (Wildman–Crippen LogP) is 3.15. The van der Waals surface area contributed by atoms with E-state index in [1.165, 1.54) is 10.6 Å². The molecule has 0 bridgehead atoms. The van der Waals surface area contributed by atoms with Crippen molar-refractivity contribution in [3.63, 3.8) is 0 Å². The molecule has 1 unspecified atom stereocenters. The van der Waals surface area contributed by atoms with Crippen molar-refractivity contribution in [3.05, 3.63) is 60.7 Å². The van der Waals surface area contributed by atoms with Crippen LogP contribution in [0.25, 0.3) is 0 Å². The van der Waals surface area contributed by atoms with Crippen LogP contribution in [0.2, 0.25) is 5.04 Å². The molecule has 0 saturated carbocycles. The fourth-order valence-electron chi connectivity index (χ4n) is 3.50. The Hall–Kier alpha value is -1.80. The third-order valence-electron chi connectivity index (χ3n) is 5.39. The van der Waals surface area contributed by atoms with Crippen LogP contribution in [0, 0.1) is 5.92 Å². The average molecular weight is 521 g/mol. The molecule has 0 radical (unpaired) electrons. The maximum atomic E-state index is 11.4. The zero-order valence-corrected chi connectivity index (χ0v) is 24.0. The molecule has 0 aliphatic heterocycles. The Morgan fingerprint density at radius 3 is 1.97 bits per heavy atom. The van der Waals surface area contributed by atoms with E-state index in [-0.39, 0.29) is 23.1 Å². The number of primary amides is 1. The van der Waals surface area contributed by atoms with Gasteiger partial charge in [0.05, 0.1) is 0 Å². The minimum atomic E-state index is -1.11. The van der Waals surface area contributed by atoms with Gasteiger partial charge in [-0.2, -0.15) is 0 Å². The Kier molecular flexibility index (Phi) is 11.8. The minimum Gasteiger partial charge on any atom is -0.442 e. The van der Waals surface area contributed by atoms with Gasteiger partial charge in [-0.3, -0.25) is 9.89 Å². The van der Waals surface area contributed by atoms with E-state index in [9.17, 15) is 9.90 Å². The first-order valence-corrected chi connectivity index (χ1v) is 14.8. The molecule has 1 amide bonds. The quantitative estimate of drug-likeness (QED) is 0.123. The summed E-state index contributed by atoms with van der Waals surface area (Å²) < 4.78 is 11.0. The van der Waals surface area contributed by atoms with Gasteiger partial charge in [-0.05, 0) is 36.4 Å². The second kappa shape index (κ2) is 14.1. The highest BCUT2D eigenvalue weighted by molar-refractivity contribution is 7.73. The van der Waals surface area contributed by atoms with Gasteiger partial charge in [0.25, 0.3) is 0 Å². The average Bonchev–Trinajstić information content (AvgIpc) is 2.79. The van der Waals surface area contributed by atoms with Crippen LogP contribution in [0.1, 0.15) is 41.5 Å². The number of hydrogen-bond donors (Lipinski definition) is 3. The topological polar surface area (TPSA) is 103 Å². The van der Waals surface area contributed by atoms with Crippen molar-refractivity contribution in [2.75, 3.05) is 6.16 Å². The number of hydrogen-bond acceptors (Lipinski definition) is 6. The van der Waals surface area contributed by atoms with E-state index < -0.39 is 36.1 Å². The largest absolute Gasteiger partial charge is 0.442 e. The number of aliphatic hydroxyl groups excluding tert-OH is 1. The Labute approximate surface area is 213 Å². The Morgan fingerprint density at radius 2 is 1.54 bits per heavy atom. The number of carbonyl (C=O) groups is 1. The molecule has 0 aliphatic rings. The molecule has 4 N–H and O–H groups in total. The standard InChI is InChI=1S/C26H41N2O5PSi/c1-18(2)23(31-25(27)30)24(29)28-19(3)22(32-33-35-26(4,5)6)17-34(20-13-9-7-10-14-20)21-15-11-8-12-16-21/h7-16,18-19,22-24,28-29H,17,35H2,1-6H3,(H2,27,30)/t19-,22-,23+,24?/m0/s1. The second-order valence-corrected chi connectivity index (χ2v) is 15.2. The summed E-state index contributed by atoms with van der Waals surface area (Å²) in [5.74, 6) is -0.133. The molecule has 0 saturated heterocycles. The number of rotatable bonds is 13. The summed E-state index contributed by atoms with van der Waals surface area (Å²) in [7, 11) is -1.70. The summed E-state index contributed by atoms with van der Waals surface area (Å²) in [5, 5.41) is 16.6. The number of carbonyl (C=O) groups excluding carboxylic acids is 1. The SMILES string of the molecule is CC(C)[C@@H](OC(N)=O)C(O)N[C@@H](C)[C@H](CP(c1ccccc1)c1ccccc1)OO[SiH2]C(C)(C)C. The fraction of sp³-hybridized carbons (Fsp3) is 0.500. The summed E-state index contributed by atoms with van der Waals surface area (Å²) in [6, 6.07) is 20.5. The van der Waals surface area contributed by atoms with Crippen LogP contribution >= 0.6 is 7.92 Å². The molecule has 2 aromatic rings. The van der Waals surface area contributed by atoms with E-state index in [2.05, 4.69) is 50.4 Å². The predicted molar refractivity (Wildman–Crippen MR) is 146 cm³/mol. The molecule has 0 aliphatic carbocycles. The number of nitrogens with one attached hydrogen (secondary N) is 1. The molecule has 4 atom stereocenters. The van der Waals surface area contributed by atoms with Crippen LogP contribution in [0.15, 0.2) is 60.7 Å². The van der Waals surface area contributed by atoms with Crippen LogP contribution in [-0.4, -0.2) is 51.6 Å². The molecular weight excluding hydrogens is 479 g/mol. The van der Waals surface area contributed by atoms with Crippen LogP contribution in [-0.2, 0) is 14.2 Å². The lowest BCUT2D eigenvalue weighted by atomic mass is 10.0. The molecule has 0 heterocycles. The molecule has 7 nitrogen and oxygen atoms in total. The van der Waals surface area contributed by atoms with Crippen LogP contribution in [0.3, 0.4) is 0 Å². The van der Waals surface area contributed by atoms with E-state index >= 15 is 0 Å². The molecule has 2 aromatic carbocycles. The number of nitrogens with two attached hydrogens (primary N) is 1. The molecule has 0 spiro atoms. The number of benzene rings is 2. The van der Waals surface area contributed by atoms with Gasteiger partial charge in [0.1, 0.15) is 18.4 Å². The first-order chi connectivity index (χ1) is 16.5. The second-order valence-electron chi connectivity index (χ2n) is 10.3. The lowest BCUT2D eigenvalue weighted by Gasteiger charge is -2.33. The summed E-state index contributed by atoms with van der Waals surface area (Å²) in [6.45, 7) is 12.1. The zero-order chi connectivity index (χ0) is 26.0. The van der Waals surface area contributed by atoms with Gasteiger partial charge >= 0.3 is 6.09 Å². The van der Waals surface area contributed by atoms with Gasteiger partial charge in [-0.15, -0.1) is 0 Å². The third kappa shape index (κ3) is 10.4. The maximum Gasteiger partial charge on any atom is 0.404 e. The molecule has 9 heteroatoms. The van der Waals surface area contributed by atoms with Gasteiger partial charge in [0.2, 0.25) is 9.76 Å². The van der Waals surface area contributed by atoms with Crippen LogP contribution in [0.5, 0.6) is 0 Å². The highest BCUT2D eigenvalue weighted by atomic mass is 31.1. The Morgan fingerprint density at radius 1 is 1.03 bits per heavy atom. The lowest BCUT2D eigenvalue weighted by molar-refractivity contribution is -0.250. The van der Waals surface area contributed by atoms with E-state index in [0.29, 0.717) is 6.16 Å². The molecular formula is C26H41N2O5PSi. The summed E-state index contributed by atoms with van der Waals surface area (Å²) in [6.07, 6.45) is -2.48. The molecule has 194 valence electrons. The maximum absolute atomic E-state index is 11.4. The molecule has 0 fully saturated rings. The fourth-order valence-corrected chi connectivity index (χ4v) is 6.61. The number of amides is 1. The Bertz CT molecular complexity index is 843. The summed E-state index contributed by atoms with van der Waals surface area (Å²) in [5.41, 5.74) is 5.22. The highest BCUT2D eigenvalue weighted by Gasteiger charge is 2.32. The smallest absolute Gasteiger partial charge is 0.404 e. The Balaban J connectivity index is 2.28. The van der Waals surface area contributed by atoms with Crippen molar-refractivity contribution in [2.45, 2.75) is 71.1 Å².